The SMILES string of the molecule is CC1=C(C(=O)Nc2ccccc2)[C@@H](c2cccs2)n2nc(CCCO)nc2N1. The molecule has 1 amide bonds. The van der Waals surface area contributed by atoms with Gasteiger partial charge in [-0.25, -0.2) is 4.68 Å². The van der Waals surface area contributed by atoms with E-state index < -0.39 is 0 Å². The van der Waals surface area contributed by atoms with E-state index in [2.05, 4.69) is 20.7 Å². The van der Waals surface area contributed by atoms with Gasteiger partial charge in [-0.1, -0.05) is 24.3 Å². The van der Waals surface area contributed by atoms with Crippen LogP contribution in [-0.4, -0.2) is 32.4 Å². The summed E-state index contributed by atoms with van der Waals surface area (Å²) in [6.07, 6.45) is 1.18. The molecule has 3 heterocycles. The van der Waals surface area contributed by atoms with Crippen LogP contribution in [0, 0.1) is 0 Å². The zero-order valence-corrected chi connectivity index (χ0v) is 16.2. The molecular formula is C20H21N5O2S. The minimum absolute atomic E-state index is 0.0909. The first-order valence-corrected chi connectivity index (χ1v) is 9.99. The highest BCUT2D eigenvalue weighted by atomic mass is 32.1. The van der Waals surface area contributed by atoms with Crippen molar-refractivity contribution in [2.45, 2.75) is 25.8 Å². The van der Waals surface area contributed by atoms with E-state index in [1.54, 1.807) is 16.0 Å². The third-order valence-corrected chi connectivity index (χ3v) is 5.47. The second-order valence-corrected chi connectivity index (χ2v) is 7.50. The first-order valence-electron chi connectivity index (χ1n) is 9.11. The molecule has 0 spiro atoms. The van der Waals surface area contributed by atoms with Gasteiger partial charge in [-0.15, -0.1) is 11.3 Å². The average Bonchev–Trinajstić information content (AvgIpc) is 3.35. The number of benzene rings is 1. The van der Waals surface area contributed by atoms with E-state index in [1.165, 1.54) is 0 Å². The molecule has 2 aromatic heterocycles. The molecule has 0 fully saturated rings. The molecule has 0 unspecified atom stereocenters. The first-order chi connectivity index (χ1) is 13.7. The third-order valence-electron chi connectivity index (χ3n) is 4.54. The minimum Gasteiger partial charge on any atom is -0.396 e. The molecule has 3 aromatic rings. The lowest BCUT2D eigenvalue weighted by Crippen LogP contribution is -2.31. The largest absolute Gasteiger partial charge is 0.396 e. The molecule has 0 saturated carbocycles. The van der Waals surface area contributed by atoms with Gasteiger partial charge in [0.1, 0.15) is 6.04 Å². The predicted molar refractivity (Wildman–Crippen MR) is 109 cm³/mol. The van der Waals surface area contributed by atoms with Gasteiger partial charge in [-0.3, -0.25) is 4.79 Å². The number of hydrogen-bond donors (Lipinski definition) is 3. The fourth-order valence-electron chi connectivity index (χ4n) is 3.26. The zero-order chi connectivity index (χ0) is 19.5. The molecule has 7 nitrogen and oxygen atoms in total. The van der Waals surface area contributed by atoms with Crippen molar-refractivity contribution >= 4 is 28.9 Å². The van der Waals surface area contributed by atoms with Crippen molar-refractivity contribution < 1.29 is 9.90 Å². The van der Waals surface area contributed by atoms with Gasteiger partial charge < -0.3 is 15.7 Å². The van der Waals surface area contributed by atoms with Crippen molar-refractivity contribution in [1.82, 2.24) is 14.8 Å². The number of fused-ring (bicyclic) bond motifs is 1. The van der Waals surface area contributed by atoms with Crippen LogP contribution >= 0.6 is 11.3 Å². The summed E-state index contributed by atoms with van der Waals surface area (Å²) in [5.41, 5.74) is 2.10. The number of aliphatic hydroxyl groups excluding tert-OH is 1. The number of para-hydroxylation sites is 1. The molecule has 1 atom stereocenters. The Kier molecular flexibility index (Phi) is 5.23. The zero-order valence-electron chi connectivity index (χ0n) is 15.4. The van der Waals surface area contributed by atoms with Crippen LogP contribution in [0.4, 0.5) is 11.6 Å². The standard InChI is InChI=1S/C20H21N5O2S/c1-13-17(19(27)22-14-7-3-2-4-8-14)18(15-9-6-12-28-15)25-20(21-13)23-16(24-25)10-5-11-26/h2-4,6-9,12,18,26H,5,10-11H2,1H3,(H,22,27)(H,21,23,24)/t18-/m1/s1. The van der Waals surface area contributed by atoms with E-state index in [9.17, 15) is 4.79 Å². The number of amides is 1. The molecule has 0 bridgehead atoms. The van der Waals surface area contributed by atoms with Crippen molar-refractivity contribution in [3.05, 3.63) is 69.8 Å². The topological polar surface area (TPSA) is 92.1 Å². The monoisotopic (exact) mass is 395 g/mol. The van der Waals surface area contributed by atoms with Crippen molar-refractivity contribution in [1.29, 1.82) is 0 Å². The smallest absolute Gasteiger partial charge is 0.255 e. The Morgan fingerprint density at radius 3 is 2.82 bits per heavy atom. The lowest BCUT2D eigenvalue weighted by atomic mass is 10.0. The lowest BCUT2D eigenvalue weighted by molar-refractivity contribution is -0.113. The molecule has 0 radical (unpaired) electrons. The van der Waals surface area contributed by atoms with Crippen LogP contribution in [0.2, 0.25) is 0 Å². The molecule has 1 aliphatic rings. The summed E-state index contributed by atoms with van der Waals surface area (Å²) in [5.74, 6) is 1.09. The Morgan fingerprint density at radius 2 is 2.11 bits per heavy atom. The van der Waals surface area contributed by atoms with Crippen LogP contribution < -0.4 is 10.6 Å². The number of aromatic nitrogens is 3. The van der Waals surface area contributed by atoms with Crippen LogP contribution in [0.5, 0.6) is 0 Å². The normalized spacial score (nSPS) is 15.9. The molecule has 1 aromatic carbocycles. The summed E-state index contributed by atoms with van der Waals surface area (Å²) in [6, 6.07) is 13.0. The van der Waals surface area contributed by atoms with Gasteiger partial charge >= 0.3 is 0 Å². The van der Waals surface area contributed by atoms with Gasteiger partial charge in [-0.05, 0) is 36.9 Å². The Hall–Kier alpha value is -2.97. The van der Waals surface area contributed by atoms with Crippen LogP contribution in [0.1, 0.15) is 30.1 Å². The fourth-order valence-corrected chi connectivity index (χ4v) is 4.08. The van der Waals surface area contributed by atoms with Crippen LogP contribution in [-0.2, 0) is 11.2 Å². The number of hydrogen-bond acceptors (Lipinski definition) is 6. The van der Waals surface area contributed by atoms with Gasteiger partial charge in [0.15, 0.2) is 5.82 Å². The molecule has 28 heavy (non-hydrogen) atoms. The number of aliphatic hydroxyl groups is 1. The highest BCUT2D eigenvalue weighted by Crippen LogP contribution is 2.37. The second-order valence-electron chi connectivity index (χ2n) is 6.53. The third kappa shape index (κ3) is 3.56. The Bertz CT molecular complexity index is 995. The molecule has 144 valence electrons. The minimum atomic E-state index is -0.352. The van der Waals surface area contributed by atoms with Crippen LogP contribution in [0.25, 0.3) is 0 Å². The van der Waals surface area contributed by atoms with Crippen molar-refractivity contribution in [3.8, 4) is 0 Å². The summed E-state index contributed by atoms with van der Waals surface area (Å²) < 4.78 is 1.77. The van der Waals surface area contributed by atoms with Crippen molar-refractivity contribution in [3.63, 3.8) is 0 Å². The van der Waals surface area contributed by atoms with E-state index in [0.29, 0.717) is 30.2 Å². The maximum absolute atomic E-state index is 13.2. The Labute approximate surface area is 166 Å². The molecule has 0 aliphatic carbocycles. The van der Waals surface area contributed by atoms with E-state index in [4.69, 9.17) is 5.11 Å². The number of anilines is 2. The summed E-state index contributed by atoms with van der Waals surface area (Å²) in [4.78, 5) is 18.7. The van der Waals surface area contributed by atoms with Crippen LogP contribution in [0.3, 0.4) is 0 Å². The summed E-state index contributed by atoms with van der Waals surface area (Å²) in [7, 11) is 0. The molecule has 4 rings (SSSR count). The molecule has 8 heteroatoms. The van der Waals surface area contributed by atoms with E-state index in [0.717, 1.165) is 16.3 Å². The molecule has 0 saturated heterocycles. The number of thiophene rings is 1. The maximum Gasteiger partial charge on any atom is 0.255 e. The van der Waals surface area contributed by atoms with E-state index >= 15 is 0 Å². The van der Waals surface area contributed by atoms with Crippen molar-refractivity contribution in [2.75, 3.05) is 17.2 Å². The summed E-state index contributed by atoms with van der Waals surface area (Å²) in [5, 5.41) is 21.9. The average molecular weight is 395 g/mol. The van der Waals surface area contributed by atoms with E-state index in [1.807, 2.05) is 54.8 Å². The van der Waals surface area contributed by atoms with Crippen molar-refractivity contribution in [2.24, 2.45) is 0 Å². The number of nitrogens with zero attached hydrogens (tertiary/aromatic N) is 3. The molecular weight excluding hydrogens is 374 g/mol. The summed E-state index contributed by atoms with van der Waals surface area (Å²) in [6.45, 7) is 1.97. The number of nitrogens with one attached hydrogen (secondary N) is 2. The summed E-state index contributed by atoms with van der Waals surface area (Å²) >= 11 is 1.58. The van der Waals surface area contributed by atoms with Gasteiger partial charge in [0.05, 0.1) is 5.57 Å². The van der Waals surface area contributed by atoms with Gasteiger partial charge in [0, 0.05) is 29.3 Å². The van der Waals surface area contributed by atoms with Gasteiger partial charge in [-0.2, -0.15) is 10.1 Å². The first kappa shape index (κ1) is 18.4. The number of carbonyl (C=O) groups excluding carboxylic acids is 1. The van der Waals surface area contributed by atoms with Crippen LogP contribution in [0.15, 0.2) is 59.1 Å². The van der Waals surface area contributed by atoms with Gasteiger partial charge in [0.2, 0.25) is 5.95 Å². The van der Waals surface area contributed by atoms with E-state index in [-0.39, 0.29) is 18.6 Å². The fraction of sp³-hybridized carbons (Fsp3) is 0.250. The maximum atomic E-state index is 13.2. The second kappa shape index (κ2) is 7.95. The molecule has 3 N–H and O–H groups in total. The quantitative estimate of drug-likeness (QED) is 0.596. The van der Waals surface area contributed by atoms with Gasteiger partial charge in [0.25, 0.3) is 5.91 Å². The lowest BCUT2D eigenvalue weighted by Gasteiger charge is -2.27. The highest BCUT2D eigenvalue weighted by molar-refractivity contribution is 7.10. The number of rotatable bonds is 6. The predicted octanol–water partition coefficient (Wildman–Crippen LogP) is 3.19. The number of allylic oxidation sites excluding steroid dienone is 1. The molecule has 1 aliphatic heterocycles. The number of carbonyl (C=O) groups is 1. The highest BCUT2D eigenvalue weighted by Gasteiger charge is 2.34. The Balaban J connectivity index is 1.72. The Morgan fingerprint density at radius 1 is 1.29 bits per heavy atom. The number of aryl methyl sites for hydroxylation is 1.